The molecule has 0 saturated heterocycles. The fraction of sp³-hybridized carbons (Fsp3) is 0.467. The van der Waals surface area contributed by atoms with Crippen LogP contribution in [-0.4, -0.2) is 21.9 Å². The van der Waals surface area contributed by atoms with Gasteiger partial charge in [-0.3, -0.25) is 19.7 Å². The van der Waals surface area contributed by atoms with Gasteiger partial charge in [0.2, 0.25) is 5.91 Å². The van der Waals surface area contributed by atoms with Crippen molar-refractivity contribution in [3.8, 4) is 0 Å². The molecule has 0 spiro atoms. The number of carbonyl (C=O) groups excluding carboxylic acids is 1. The summed E-state index contributed by atoms with van der Waals surface area (Å²) >= 11 is 0. The molecule has 1 aliphatic rings. The maximum absolute atomic E-state index is 12.3. The molecular formula is C15H18N2O5. The number of hydrogen-bond acceptors (Lipinski definition) is 4. The van der Waals surface area contributed by atoms with Crippen LogP contribution in [0.4, 0.5) is 11.4 Å². The van der Waals surface area contributed by atoms with Gasteiger partial charge >= 0.3 is 5.97 Å². The summed E-state index contributed by atoms with van der Waals surface area (Å²) in [5.41, 5.74) is 0.748. The Morgan fingerprint density at radius 2 is 1.91 bits per heavy atom. The zero-order valence-corrected chi connectivity index (χ0v) is 12.2. The Bertz CT molecular complexity index is 614. The van der Waals surface area contributed by atoms with Crippen molar-refractivity contribution in [1.29, 1.82) is 0 Å². The molecule has 2 atom stereocenters. The summed E-state index contributed by atoms with van der Waals surface area (Å²) in [6.45, 7) is 1.62. The smallest absolute Gasteiger partial charge is 0.307 e. The largest absolute Gasteiger partial charge is 0.481 e. The highest BCUT2D eigenvalue weighted by molar-refractivity contribution is 5.95. The normalized spacial score (nSPS) is 21.1. The number of carbonyl (C=O) groups is 2. The van der Waals surface area contributed by atoms with Crippen LogP contribution in [0.25, 0.3) is 0 Å². The van der Waals surface area contributed by atoms with Gasteiger partial charge < -0.3 is 10.4 Å². The average Bonchev–Trinajstić information content (AvgIpc) is 2.48. The summed E-state index contributed by atoms with van der Waals surface area (Å²) in [7, 11) is 0. The van der Waals surface area contributed by atoms with E-state index in [-0.39, 0.29) is 11.6 Å². The number of carboxylic acids is 1. The van der Waals surface area contributed by atoms with Crippen molar-refractivity contribution in [3.63, 3.8) is 0 Å². The molecule has 1 aliphatic carbocycles. The van der Waals surface area contributed by atoms with Crippen molar-refractivity contribution in [1.82, 2.24) is 0 Å². The summed E-state index contributed by atoms with van der Waals surface area (Å²) in [4.78, 5) is 34.0. The van der Waals surface area contributed by atoms with Crippen molar-refractivity contribution >= 4 is 23.3 Å². The van der Waals surface area contributed by atoms with E-state index in [0.29, 0.717) is 24.1 Å². The molecule has 1 fully saturated rings. The van der Waals surface area contributed by atoms with Gasteiger partial charge in [-0.2, -0.15) is 0 Å². The topological polar surface area (TPSA) is 110 Å². The molecule has 0 unspecified atom stereocenters. The maximum Gasteiger partial charge on any atom is 0.307 e. The molecule has 0 heterocycles. The lowest BCUT2D eigenvalue weighted by molar-refractivity contribution is -0.385. The molecule has 1 aromatic carbocycles. The molecule has 1 amide bonds. The number of amides is 1. The number of rotatable bonds is 4. The Balaban J connectivity index is 2.16. The van der Waals surface area contributed by atoms with Gasteiger partial charge in [-0.15, -0.1) is 0 Å². The number of nitro groups is 1. The first-order chi connectivity index (χ1) is 10.4. The number of aryl methyl sites for hydroxylation is 1. The second kappa shape index (κ2) is 6.55. The molecule has 7 nitrogen and oxygen atoms in total. The summed E-state index contributed by atoms with van der Waals surface area (Å²) in [6.07, 6.45) is 2.63. The molecule has 1 saturated carbocycles. The van der Waals surface area contributed by atoms with Crippen molar-refractivity contribution in [2.75, 3.05) is 5.32 Å². The van der Waals surface area contributed by atoms with Gasteiger partial charge in [0.1, 0.15) is 0 Å². The molecular weight excluding hydrogens is 288 g/mol. The molecule has 118 valence electrons. The van der Waals surface area contributed by atoms with Gasteiger partial charge in [0.15, 0.2) is 0 Å². The van der Waals surface area contributed by atoms with E-state index in [0.717, 1.165) is 12.8 Å². The van der Waals surface area contributed by atoms with Gasteiger partial charge in [0, 0.05) is 17.3 Å². The number of nitro benzene ring substituents is 1. The highest BCUT2D eigenvalue weighted by atomic mass is 16.6. The van der Waals surface area contributed by atoms with Crippen LogP contribution in [0, 0.1) is 28.9 Å². The second-order valence-electron chi connectivity index (χ2n) is 5.58. The Labute approximate surface area is 127 Å². The molecule has 0 radical (unpaired) electrons. The van der Waals surface area contributed by atoms with Gasteiger partial charge in [0.25, 0.3) is 5.69 Å². The number of carboxylic acid groups (broad SMARTS) is 1. The molecule has 7 heteroatoms. The van der Waals surface area contributed by atoms with Gasteiger partial charge in [0.05, 0.1) is 16.8 Å². The minimum atomic E-state index is -0.963. The van der Waals surface area contributed by atoms with E-state index >= 15 is 0 Å². The highest BCUT2D eigenvalue weighted by Crippen LogP contribution is 2.31. The fourth-order valence-electron chi connectivity index (χ4n) is 2.86. The minimum Gasteiger partial charge on any atom is -0.481 e. The lowest BCUT2D eigenvalue weighted by atomic mass is 9.78. The van der Waals surface area contributed by atoms with Gasteiger partial charge in [-0.05, 0) is 25.8 Å². The first-order valence-corrected chi connectivity index (χ1v) is 7.19. The molecule has 2 rings (SSSR count). The molecule has 1 aromatic rings. The lowest BCUT2D eigenvalue weighted by Crippen LogP contribution is -2.36. The maximum atomic E-state index is 12.3. The first-order valence-electron chi connectivity index (χ1n) is 7.19. The number of nitrogens with one attached hydrogen (secondary N) is 1. The highest BCUT2D eigenvalue weighted by Gasteiger charge is 2.35. The van der Waals surface area contributed by atoms with Gasteiger partial charge in [-0.1, -0.05) is 18.9 Å². The number of anilines is 1. The summed E-state index contributed by atoms with van der Waals surface area (Å²) in [5, 5.41) is 22.7. The van der Waals surface area contributed by atoms with Crippen LogP contribution in [0.5, 0.6) is 0 Å². The predicted octanol–water partition coefficient (Wildman–Crippen LogP) is 2.73. The van der Waals surface area contributed by atoms with Gasteiger partial charge in [-0.25, -0.2) is 0 Å². The third-order valence-electron chi connectivity index (χ3n) is 4.09. The number of nitrogens with zero attached hydrogens (tertiary/aromatic N) is 1. The average molecular weight is 306 g/mol. The second-order valence-corrected chi connectivity index (χ2v) is 5.58. The van der Waals surface area contributed by atoms with Crippen LogP contribution in [0.3, 0.4) is 0 Å². The van der Waals surface area contributed by atoms with E-state index in [1.54, 1.807) is 19.1 Å². The van der Waals surface area contributed by atoms with Crippen molar-refractivity contribution < 1.29 is 19.6 Å². The Kier molecular flexibility index (Phi) is 4.75. The van der Waals surface area contributed by atoms with Crippen molar-refractivity contribution in [3.05, 3.63) is 33.9 Å². The van der Waals surface area contributed by atoms with Crippen LogP contribution in [0.15, 0.2) is 18.2 Å². The molecule has 22 heavy (non-hydrogen) atoms. The third kappa shape index (κ3) is 3.41. The van der Waals surface area contributed by atoms with E-state index in [4.69, 9.17) is 0 Å². The summed E-state index contributed by atoms with van der Waals surface area (Å²) < 4.78 is 0. The Hall–Kier alpha value is -2.44. The molecule has 0 bridgehead atoms. The van der Waals surface area contributed by atoms with Crippen molar-refractivity contribution in [2.45, 2.75) is 32.6 Å². The van der Waals surface area contributed by atoms with Crippen LogP contribution in [-0.2, 0) is 9.59 Å². The standard InChI is InChI=1S/C15H18N2O5/c1-9-6-7-10(8-13(9)17(21)22)16-14(18)11-4-2-3-5-12(11)15(19)20/h6-8,11-12H,2-5H2,1H3,(H,16,18)(H,19,20)/t11-,12+/m0/s1. The minimum absolute atomic E-state index is 0.0729. The third-order valence-corrected chi connectivity index (χ3v) is 4.09. The van der Waals surface area contributed by atoms with E-state index in [2.05, 4.69) is 5.32 Å². The van der Waals surface area contributed by atoms with E-state index in [1.165, 1.54) is 6.07 Å². The first kappa shape index (κ1) is 15.9. The number of aliphatic carboxylic acids is 1. The monoisotopic (exact) mass is 306 g/mol. The van der Waals surface area contributed by atoms with E-state index in [1.807, 2.05) is 0 Å². The summed E-state index contributed by atoms with van der Waals surface area (Å²) in [5.74, 6) is -2.62. The molecule has 0 aliphatic heterocycles. The zero-order valence-electron chi connectivity index (χ0n) is 12.2. The Morgan fingerprint density at radius 1 is 1.27 bits per heavy atom. The quantitative estimate of drug-likeness (QED) is 0.656. The van der Waals surface area contributed by atoms with Crippen LogP contribution in [0.2, 0.25) is 0 Å². The lowest BCUT2D eigenvalue weighted by Gasteiger charge is -2.27. The predicted molar refractivity (Wildman–Crippen MR) is 79.5 cm³/mol. The zero-order chi connectivity index (χ0) is 16.3. The molecule has 2 N–H and O–H groups in total. The molecule has 0 aromatic heterocycles. The SMILES string of the molecule is Cc1ccc(NC(=O)[C@H]2CCCC[C@H]2C(=O)O)cc1[N+](=O)[O-]. The number of hydrogen-bond donors (Lipinski definition) is 2. The van der Waals surface area contributed by atoms with Crippen molar-refractivity contribution in [2.24, 2.45) is 11.8 Å². The van der Waals surface area contributed by atoms with E-state index < -0.39 is 22.7 Å². The van der Waals surface area contributed by atoms with Crippen LogP contribution in [0.1, 0.15) is 31.2 Å². The fourth-order valence-corrected chi connectivity index (χ4v) is 2.86. The number of benzene rings is 1. The van der Waals surface area contributed by atoms with Crippen LogP contribution < -0.4 is 5.32 Å². The Morgan fingerprint density at radius 3 is 2.50 bits per heavy atom. The van der Waals surface area contributed by atoms with E-state index in [9.17, 15) is 24.8 Å². The summed E-state index contributed by atoms with van der Waals surface area (Å²) in [6, 6.07) is 4.44. The van der Waals surface area contributed by atoms with Crippen LogP contribution >= 0.6 is 0 Å².